The van der Waals surface area contributed by atoms with Crippen molar-refractivity contribution in [3.63, 3.8) is 0 Å². The molecule has 0 spiro atoms. The molecule has 1 aromatic carbocycles. The summed E-state index contributed by atoms with van der Waals surface area (Å²) >= 11 is 1.13. The largest absolute Gasteiger partial charge is 0.353 e. The van der Waals surface area contributed by atoms with Crippen LogP contribution in [0, 0.1) is 6.92 Å². The highest BCUT2D eigenvalue weighted by molar-refractivity contribution is 7.07. The van der Waals surface area contributed by atoms with Crippen LogP contribution in [0.1, 0.15) is 23.7 Å². The first-order valence-corrected chi connectivity index (χ1v) is 9.15. The monoisotopic (exact) mass is 345 g/mol. The summed E-state index contributed by atoms with van der Waals surface area (Å²) in [5, 5.41) is 4.74. The average molecular weight is 345 g/mol. The molecule has 2 heterocycles. The summed E-state index contributed by atoms with van der Waals surface area (Å²) in [6.07, 6.45) is 1.05. The Bertz CT molecular complexity index is 781. The minimum absolute atomic E-state index is 0.0802. The van der Waals surface area contributed by atoms with Gasteiger partial charge in [-0.1, -0.05) is 35.6 Å². The molecule has 1 aliphatic heterocycles. The van der Waals surface area contributed by atoms with Gasteiger partial charge in [0.05, 0.1) is 0 Å². The number of benzene rings is 1. The standard InChI is InChI=1S/C18H23N3O2S/c1-13(20-8-7-15-5-3-4-6-16(15)10-20)9-19-17(22)11-21-14(2)12-24-18(21)23/h3-6,12-13H,7-11H2,1-2H3,(H,19,22). The summed E-state index contributed by atoms with van der Waals surface area (Å²) in [4.78, 5) is 26.1. The lowest BCUT2D eigenvalue weighted by Gasteiger charge is -2.33. The van der Waals surface area contributed by atoms with Crippen molar-refractivity contribution >= 4 is 17.2 Å². The van der Waals surface area contributed by atoms with E-state index in [9.17, 15) is 9.59 Å². The number of rotatable bonds is 5. The lowest BCUT2D eigenvalue weighted by Crippen LogP contribution is -2.45. The van der Waals surface area contributed by atoms with E-state index in [4.69, 9.17) is 0 Å². The Morgan fingerprint density at radius 1 is 1.33 bits per heavy atom. The number of hydrogen-bond donors (Lipinski definition) is 1. The predicted octanol–water partition coefficient (Wildman–Crippen LogP) is 1.78. The van der Waals surface area contributed by atoms with Crippen LogP contribution in [0.15, 0.2) is 34.4 Å². The second kappa shape index (κ2) is 7.32. The predicted molar refractivity (Wildman–Crippen MR) is 96.3 cm³/mol. The zero-order valence-corrected chi connectivity index (χ0v) is 14.9. The van der Waals surface area contributed by atoms with Gasteiger partial charge in [-0.3, -0.25) is 19.1 Å². The van der Waals surface area contributed by atoms with Crippen LogP contribution in [0.25, 0.3) is 0 Å². The normalized spacial score (nSPS) is 15.8. The van der Waals surface area contributed by atoms with Crippen LogP contribution in [-0.2, 0) is 24.3 Å². The SMILES string of the molecule is Cc1csc(=O)n1CC(=O)NCC(C)N1CCc2ccccc2C1. The van der Waals surface area contributed by atoms with Crippen molar-refractivity contribution in [3.8, 4) is 0 Å². The third-order valence-electron chi connectivity index (χ3n) is 4.66. The number of nitrogens with zero attached hydrogens (tertiary/aromatic N) is 2. The van der Waals surface area contributed by atoms with Gasteiger partial charge in [-0.2, -0.15) is 0 Å². The van der Waals surface area contributed by atoms with Crippen molar-refractivity contribution in [2.45, 2.75) is 39.4 Å². The first-order chi connectivity index (χ1) is 11.5. The number of carbonyl (C=O) groups is 1. The molecule has 3 rings (SSSR count). The highest BCUT2D eigenvalue weighted by Crippen LogP contribution is 2.19. The number of aromatic nitrogens is 1. The second-order valence-corrected chi connectivity index (χ2v) is 7.19. The van der Waals surface area contributed by atoms with Crippen LogP contribution in [0.4, 0.5) is 0 Å². The summed E-state index contributed by atoms with van der Waals surface area (Å²) in [5.74, 6) is -0.108. The summed E-state index contributed by atoms with van der Waals surface area (Å²) in [7, 11) is 0. The average Bonchev–Trinajstić information content (AvgIpc) is 2.91. The van der Waals surface area contributed by atoms with Crippen molar-refractivity contribution in [3.05, 3.63) is 56.1 Å². The third kappa shape index (κ3) is 3.76. The third-order valence-corrected chi connectivity index (χ3v) is 5.54. The quantitative estimate of drug-likeness (QED) is 0.899. The highest BCUT2D eigenvalue weighted by atomic mass is 32.1. The molecule has 6 heteroatoms. The van der Waals surface area contributed by atoms with Crippen LogP contribution < -0.4 is 10.2 Å². The van der Waals surface area contributed by atoms with Crippen molar-refractivity contribution in [2.75, 3.05) is 13.1 Å². The smallest absolute Gasteiger partial charge is 0.307 e. The number of thiazole rings is 1. The Hall–Kier alpha value is -1.92. The summed E-state index contributed by atoms with van der Waals surface area (Å²) in [5.41, 5.74) is 3.64. The number of aryl methyl sites for hydroxylation is 1. The summed E-state index contributed by atoms with van der Waals surface area (Å²) < 4.78 is 1.52. The van der Waals surface area contributed by atoms with E-state index in [-0.39, 0.29) is 23.4 Å². The van der Waals surface area contributed by atoms with Gasteiger partial charge in [-0.05, 0) is 31.4 Å². The molecule has 128 valence electrons. The molecule has 0 saturated heterocycles. The van der Waals surface area contributed by atoms with Gasteiger partial charge in [0.25, 0.3) is 0 Å². The summed E-state index contributed by atoms with van der Waals surface area (Å²) in [6.45, 7) is 6.62. The first kappa shape index (κ1) is 16.9. The van der Waals surface area contributed by atoms with E-state index in [0.717, 1.165) is 36.5 Å². The molecular formula is C18H23N3O2S. The topological polar surface area (TPSA) is 54.3 Å². The first-order valence-electron chi connectivity index (χ1n) is 8.27. The number of carbonyl (C=O) groups excluding carboxylic acids is 1. The van der Waals surface area contributed by atoms with E-state index in [2.05, 4.69) is 41.4 Å². The molecule has 0 aliphatic carbocycles. The molecule has 1 aromatic heterocycles. The zero-order valence-electron chi connectivity index (χ0n) is 14.1. The molecule has 0 fully saturated rings. The lowest BCUT2D eigenvalue weighted by atomic mass is 9.99. The van der Waals surface area contributed by atoms with Gasteiger partial charge in [0.2, 0.25) is 5.91 Å². The molecule has 5 nitrogen and oxygen atoms in total. The van der Waals surface area contributed by atoms with E-state index in [0.29, 0.717) is 6.54 Å². The Morgan fingerprint density at radius 3 is 2.79 bits per heavy atom. The molecule has 0 saturated carbocycles. The van der Waals surface area contributed by atoms with Gasteiger partial charge in [-0.25, -0.2) is 0 Å². The van der Waals surface area contributed by atoms with Gasteiger partial charge < -0.3 is 5.32 Å². The minimum Gasteiger partial charge on any atom is -0.353 e. The number of amides is 1. The number of fused-ring (bicyclic) bond motifs is 1. The Morgan fingerprint density at radius 2 is 2.08 bits per heavy atom. The fraction of sp³-hybridized carbons (Fsp3) is 0.444. The van der Waals surface area contributed by atoms with Crippen LogP contribution in [0.2, 0.25) is 0 Å². The molecule has 1 amide bonds. The molecular weight excluding hydrogens is 322 g/mol. The molecule has 2 aromatic rings. The van der Waals surface area contributed by atoms with Crippen molar-refractivity contribution in [1.29, 1.82) is 0 Å². The van der Waals surface area contributed by atoms with Crippen molar-refractivity contribution < 1.29 is 4.79 Å². The van der Waals surface area contributed by atoms with E-state index in [1.165, 1.54) is 15.7 Å². The molecule has 1 unspecified atom stereocenters. The fourth-order valence-electron chi connectivity index (χ4n) is 3.08. The van der Waals surface area contributed by atoms with E-state index >= 15 is 0 Å². The van der Waals surface area contributed by atoms with E-state index in [1.54, 1.807) is 5.38 Å². The van der Waals surface area contributed by atoms with Gasteiger partial charge in [0.1, 0.15) is 6.54 Å². The van der Waals surface area contributed by atoms with Crippen LogP contribution in [-0.4, -0.2) is 34.5 Å². The van der Waals surface area contributed by atoms with E-state index in [1.807, 2.05) is 6.92 Å². The number of nitrogens with one attached hydrogen (secondary N) is 1. The molecule has 1 N–H and O–H groups in total. The van der Waals surface area contributed by atoms with Gasteiger partial charge in [-0.15, -0.1) is 0 Å². The Labute approximate surface area is 145 Å². The maximum Gasteiger partial charge on any atom is 0.307 e. The molecule has 0 radical (unpaired) electrons. The Balaban J connectivity index is 1.52. The van der Waals surface area contributed by atoms with E-state index < -0.39 is 0 Å². The van der Waals surface area contributed by atoms with Crippen LogP contribution >= 0.6 is 11.3 Å². The van der Waals surface area contributed by atoms with Crippen LogP contribution in [0.3, 0.4) is 0 Å². The maximum absolute atomic E-state index is 12.1. The van der Waals surface area contributed by atoms with Gasteiger partial charge in [0, 0.05) is 36.8 Å². The zero-order chi connectivity index (χ0) is 17.1. The second-order valence-electron chi connectivity index (χ2n) is 6.37. The van der Waals surface area contributed by atoms with Crippen molar-refractivity contribution in [1.82, 2.24) is 14.8 Å². The maximum atomic E-state index is 12.1. The van der Waals surface area contributed by atoms with Crippen LogP contribution in [0.5, 0.6) is 0 Å². The van der Waals surface area contributed by atoms with Crippen molar-refractivity contribution in [2.24, 2.45) is 0 Å². The molecule has 24 heavy (non-hydrogen) atoms. The lowest BCUT2D eigenvalue weighted by molar-refractivity contribution is -0.122. The molecule has 1 atom stereocenters. The number of hydrogen-bond acceptors (Lipinski definition) is 4. The van der Waals surface area contributed by atoms with Gasteiger partial charge >= 0.3 is 4.87 Å². The molecule has 0 bridgehead atoms. The minimum atomic E-state index is -0.108. The van der Waals surface area contributed by atoms with Gasteiger partial charge in [0.15, 0.2) is 0 Å². The molecule has 1 aliphatic rings. The summed E-state index contributed by atoms with van der Waals surface area (Å²) in [6, 6.07) is 8.81. The highest BCUT2D eigenvalue weighted by Gasteiger charge is 2.20. The fourth-order valence-corrected chi connectivity index (χ4v) is 3.81. The Kier molecular flexibility index (Phi) is 5.16.